The van der Waals surface area contributed by atoms with E-state index in [4.69, 9.17) is 0 Å². The molecule has 0 aromatic rings. The molecule has 0 saturated carbocycles. The zero-order chi connectivity index (χ0) is 12.8. The first-order valence-electron chi connectivity index (χ1n) is 6.30. The van der Waals surface area contributed by atoms with Crippen LogP contribution < -0.4 is 10.6 Å². The van der Waals surface area contributed by atoms with Crippen molar-refractivity contribution in [3.05, 3.63) is 0 Å². The lowest BCUT2D eigenvalue weighted by Gasteiger charge is -2.23. The van der Waals surface area contributed by atoms with Crippen molar-refractivity contribution in [3.8, 4) is 0 Å². The van der Waals surface area contributed by atoms with Gasteiger partial charge >= 0.3 is 0 Å². The summed E-state index contributed by atoms with van der Waals surface area (Å²) in [4.78, 5) is 11.8. The maximum absolute atomic E-state index is 11.8. The Bertz CT molecular complexity index is 208. The van der Waals surface area contributed by atoms with E-state index in [1.54, 1.807) is 0 Å². The Kier molecular flexibility index (Phi) is 6.65. The molecular weight excluding hydrogens is 200 g/mol. The molecule has 0 radical (unpaired) electrons. The molecule has 2 unspecified atom stereocenters. The number of rotatable bonds is 6. The van der Waals surface area contributed by atoms with Gasteiger partial charge in [0.1, 0.15) is 0 Å². The standard InChI is InChI=1S/C13H28N2O/c1-7-8-10(2)15-12(16)11(3)14-9-13(4,5)6/h10-11,14H,7-9H2,1-6H3,(H,15,16). The number of hydrogen-bond acceptors (Lipinski definition) is 2. The summed E-state index contributed by atoms with van der Waals surface area (Å²) >= 11 is 0. The smallest absolute Gasteiger partial charge is 0.237 e. The van der Waals surface area contributed by atoms with Crippen molar-refractivity contribution in [2.45, 2.75) is 66.5 Å². The monoisotopic (exact) mass is 228 g/mol. The fraction of sp³-hybridized carbons (Fsp3) is 0.923. The van der Waals surface area contributed by atoms with Crippen LogP contribution in [0.15, 0.2) is 0 Å². The van der Waals surface area contributed by atoms with E-state index in [1.165, 1.54) is 0 Å². The maximum atomic E-state index is 11.8. The van der Waals surface area contributed by atoms with Crippen LogP contribution in [0, 0.1) is 5.41 Å². The Hall–Kier alpha value is -0.570. The van der Waals surface area contributed by atoms with Gasteiger partial charge in [-0.25, -0.2) is 0 Å². The minimum Gasteiger partial charge on any atom is -0.352 e. The third-order valence-electron chi connectivity index (χ3n) is 2.44. The lowest BCUT2D eigenvalue weighted by atomic mass is 9.96. The molecule has 0 heterocycles. The van der Waals surface area contributed by atoms with Crippen molar-refractivity contribution in [2.24, 2.45) is 5.41 Å². The quantitative estimate of drug-likeness (QED) is 0.732. The predicted octanol–water partition coefficient (Wildman–Crippen LogP) is 2.32. The van der Waals surface area contributed by atoms with Gasteiger partial charge in [0.15, 0.2) is 0 Å². The SMILES string of the molecule is CCCC(C)NC(=O)C(C)NCC(C)(C)C. The first kappa shape index (κ1) is 15.4. The van der Waals surface area contributed by atoms with Gasteiger partial charge in [-0.05, 0) is 25.7 Å². The molecule has 0 fully saturated rings. The summed E-state index contributed by atoms with van der Waals surface area (Å²) in [6.07, 6.45) is 2.14. The lowest BCUT2D eigenvalue weighted by molar-refractivity contribution is -0.123. The van der Waals surface area contributed by atoms with Crippen LogP contribution in [0.4, 0.5) is 0 Å². The third-order valence-corrected chi connectivity index (χ3v) is 2.44. The molecule has 0 spiro atoms. The molecule has 0 aliphatic rings. The van der Waals surface area contributed by atoms with Crippen molar-refractivity contribution >= 4 is 5.91 Å². The summed E-state index contributed by atoms with van der Waals surface area (Å²) in [6.45, 7) is 13.4. The van der Waals surface area contributed by atoms with Crippen LogP contribution in [0.3, 0.4) is 0 Å². The minimum atomic E-state index is -0.112. The molecule has 0 saturated heterocycles. The molecule has 0 aliphatic heterocycles. The second-order valence-electron chi connectivity index (χ2n) is 5.86. The van der Waals surface area contributed by atoms with Crippen LogP contribution in [0.5, 0.6) is 0 Å². The Morgan fingerprint density at radius 2 is 1.81 bits per heavy atom. The largest absolute Gasteiger partial charge is 0.352 e. The first-order valence-corrected chi connectivity index (χ1v) is 6.30. The highest BCUT2D eigenvalue weighted by atomic mass is 16.2. The zero-order valence-electron chi connectivity index (χ0n) is 11.7. The van der Waals surface area contributed by atoms with Crippen LogP contribution in [0.1, 0.15) is 54.4 Å². The Morgan fingerprint density at radius 1 is 1.25 bits per heavy atom. The van der Waals surface area contributed by atoms with Crippen LogP contribution in [-0.4, -0.2) is 24.5 Å². The van der Waals surface area contributed by atoms with Crippen LogP contribution in [0.25, 0.3) is 0 Å². The molecule has 16 heavy (non-hydrogen) atoms. The fourth-order valence-corrected chi connectivity index (χ4v) is 1.43. The van der Waals surface area contributed by atoms with Crippen molar-refractivity contribution < 1.29 is 4.79 Å². The second-order valence-corrected chi connectivity index (χ2v) is 5.86. The van der Waals surface area contributed by atoms with E-state index in [9.17, 15) is 4.79 Å². The van der Waals surface area contributed by atoms with E-state index in [0.29, 0.717) is 0 Å². The van der Waals surface area contributed by atoms with Gasteiger partial charge in [0.2, 0.25) is 5.91 Å². The van der Waals surface area contributed by atoms with Crippen molar-refractivity contribution in [3.63, 3.8) is 0 Å². The maximum Gasteiger partial charge on any atom is 0.237 e. The second kappa shape index (κ2) is 6.89. The number of amides is 1. The Labute approximate surface area is 100 Å². The van der Waals surface area contributed by atoms with Crippen molar-refractivity contribution in [1.29, 1.82) is 0 Å². The van der Waals surface area contributed by atoms with E-state index >= 15 is 0 Å². The summed E-state index contributed by atoms with van der Waals surface area (Å²) < 4.78 is 0. The van der Waals surface area contributed by atoms with Gasteiger partial charge in [-0.3, -0.25) is 4.79 Å². The molecule has 2 N–H and O–H groups in total. The van der Waals surface area contributed by atoms with Gasteiger partial charge < -0.3 is 10.6 Å². The molecule has 0 bridgehead atoms. The summed E-state index contributed by atoms with van der Waals surface area (Å²) in [6, 6.07) is 0.162. The minimum absolute atomic E-state index is 0.102. The predicted molar refractivity (Wildman–Crippen MR) is 69.4 cm³/mol. The summed E-state index contributed by atoms with van der Waals surface area (Å²) in [5.74, 6) is 0.102. The molecule has 1 amide bonds. The van der Waals surface area contributed by atoms with Crippen molar-refractivity contribution in [1.82, 2.24) is 10.6 Å². The Morgan fingerprint density at radius 3 is 2.25 bits per heavy atom. The number of nitrogens with one attached hydrogen (secondary N) is 2. The number of hydrogen-bond donors (Lipinski definition) is 2. The van der Waals surface area contributed by atoms with Crippen LogP contribution >= 0.6 is 0 Å². The molecule has 96 valence electrons. The molecule has 0 rings (SSSR count). The van der Waals surface area contributed by atoms with Crippen LogP contribution in [0.2, 0.25) is 0 Å². The average molecular weight is 228 g/mol. The van der Waals surface area contributed by atoms with Crippen molar-refractivity contribution in [2.75, 3.05) is 6.54 Å². The molecule has 2 atom stereocenters. The van der Waals surface area contributed by atoms with Gasteiger partial charge in [0.05, 0.1) is 6.04 Å². The molecular formula is C13H28N2O. The van der Waals surface area contributed by atoms with E-state index in [-0.39, 0.29) is 23.4 Å². The topological polar surface area (TPSA) is 41.1 Å². The highest BCUT2D eigenvalue weighted by Crippen LogP contribution is 2.10. The Balaban J connectivity index is 3.90. The molecule has 3 heteroatoms. The highest BCUT2D eigenvalue weighted by Gasteiger charge is 2.17. The fourth-order valence-electron chi connectivity index (χ4n) is 1.43. The van der Waals surface area contributed by atoms with Crippen LogP contribution in [-0.2, 0) is 4.79 Å². The normalized spacial score (nSPS) is 15.6. The highest BCUT2D eigenvalue weighted by molar-refractivity contribution is 5.81. The van der Waals surface area contributed by atoms with Gasteiger partial charge in [-0.2, -0.15) is 0 Å². The van der Waals surface area contributed by atoms with E-state index in [0.717, 1.165) is 19.4 Å². The number of carbonyl (C=O) groups excluding carboxylic acids is 1. The third kappa shape index (κ3) is 7.69. The lowest BCUT2D eigenvalue weighted by Crippen LogP contribution is -2.47. The molecule has 3 nitrogen and oxygen atoms in total. The number of carbonyl (C=O) groups is 1. The summed E-state index contributed by atoms with van der Waals surface area (Å²) in [7, 11) is 0. The molecule has 0 aromatic heterocycles. The summed E-state index contributed by atoms with van der Waals surface area (Å²) in [5, 5.41) is 6.27. The van der Waals surface area contributed by atoms with Gasteiger partial charge in [0, 0.05) is 12.6 Å². The average Bonchev–Trinajstić information content (AvgIpc) is 2.13. The van der Waals surface area contributed by atoms with E-state index in [1.807, 2.05) is 6.92 Å². The molecule has 0 aromatic carbocycles. The summed E-state index contributed by atoms with van der Waals surface area (Å²) in [5.41, 5.74) is 0.212. The van der Waals surface area contributed by atoms with Gasteiger partial charge in [-0.15, -0.1) is 0 Å². The van der Waals surface area contributed by atoms with Gasteiger partial charge in [-0.1, -0.05) is 34.1 Å². The zero-order valence-corrected chi connectivity index (χ0v) is 11.7. The van der Waals surface area contributed by atoms with E-state index in [2.05, 4.69) is 45.3 Å². The van der Waals surface area contributed by atoms with E-state index < -0.39 is 0 Å². The molecule has 0 aliphatic carbocycles. The van der Waals surface area contributed by atoms with Gasteiger partial charge in [0.25, 0.3) is 0 Å². The first-order chi connectivity index (χ1) is 7.26.